The molecule has 0 aliphatic rings. The third kappa shape index (κ3) is 5.93. The zero-order chi connectivity index (χ0) is 28.5. The summed E-state index contributed by atoms with van der Waals surface area (Å²) < 4.78 is 0. The van der Waals surface area contributed by atoms with Gasteiger partial charge in [-0.1, -0.05) is 152 Å². The average Bonchev–Trinajstić information content (AvgIpc) is 3.06. The molecule has 0 radical (unpaired) electrons. The van der Waals surface area contributed by atoms with Crippen LogP contribution in [0.2, 0.25) is 0 Å². The van der Waals surface area contributed by atoms with Crippen molar-refractivity contribution in [2.45, 2.75) is 30.1 Å². The van der Waals surface area contributed by atoms with Crippen LogP contribution in [0.5, 0.6) is 0 Å². The highest BCUT2D eigenvalue weighted by Gasteiger charge is 2.50. The second-order valence-corrected chi connectivity index (χ2v) is 10.3. The Morgan fingerprint density at radius 3 is 1.17 bits per heavy atom. The van der Waals surface area contributed by atoms with Crippen LogP contribution in [0.25, 0.3) is 0 Å². The Labute approximate surface area is 241 Å². The highest BCUT2D eigenvalue weighted by molar-refractivity contribution is 5.97. The lowest BCUT2D eigenvalue weighted by molar-refractivity contribution is 0.0945. The summed E-state index contributed by atoms with van der Waals surface area (Å²) in [7, 11) is 0. The predicted molar refractivity (Wildman–Crippen MR) is 163 cm³/mol. The molecule has 0 fully saturated rings. The normalized spacial score (nSPS) is 12.6. The van der Waals surface area contributed by atoms with Gasteiger partial charge in [-0.3, -0.25) is 9.59 Å². The fourth-order valence-corrected chi connectivity index (χ4v) is 5.89. The Kier molecular flexibility index (Phi) is 8.62. The van der Waals surface area contributed by atoms with Gasteiger partial charge >= 0.3 is 0 Å². The minimum Gasteiger partial charge on any atom is -0.294 e. The standard InChI is InChI=1S/C38H31NO2/c39-28-38(33-24-14-5-15-25-33,34(29-16-6-1-7-17-29)26-36(40)31-20-10-3-11-21-31)35(30-18-8-2-9-19-30)27-37(41)32-22-12-4-13-23-32/h1-25,34-35H,26-27H2/t34-,35-/m0/s1. The van der Waals surface area contributed by atoms with Gasteiger partial charge < -0.3 is 0 Å². The largest absolute Gasteiger partial charge is 0.294 e. The molecule has 0 unspecified atom stereocenters. The van der Waals surface area contributed by atoms with Crippen molar-refractivity contribution in [2.24, 2.45) is 0 Å². The van der Waals surface area contributed by atoms with Crippen molar-refractivity contribution in [3.8, 4) is 6.07 Å². The van der Waals surface area contributed by atoms with Crippen molar-refractivity contribution >= 4 is 11.6 Å². The molecule has 5 rings (SSSR count). The summed E-state index contributed by atoms with van der Waals surface area (Å²) in [5.41, 5.74) is 2.52. The minimum absolute atomic E-state index is 0.0452. The van der Waals surface area contributed by atoms with Gasteiger partial charge in [0.15, 0.2) is 11.6 Å². The number of rotatable bonds is 11. The molecule has 2 atom stereocenters. The van der Waals surface area contributed by atoms with Crippen molar-refractivity contribution in [3.05, 3.63) is 179 Å². The summed E-state index contributed by atoms with van der Waals surface area (Å²) in [4.78, 5) is 27.7. The van der Waals surface area contributed by atoms with Gasteiger partial charge in [-0.05, 0) is 16.7 Å². The molecule has 0 aliphatic heterocycles. The van der Waals surface area contributed by atoms with Gasteiger partial charge in [0, 0.05) is 35.8 Å². The number of carbonyl (C=O) groups is 2. The van der Waals surface area contributed by atoms with Gasteiger partial charge in [-0.2, -0.15) is 5.26 Å². The maximum atomic E-state index is 13.8. The van der Waals surface area contributed by atoms with E-state index in [0.29, 0.717) is 11.1 Å². The van der Waals surface area contributed by atoms with E-state index in [0.717, 1.165) is 16.7 Å². The van der Waals surface area contributed by atoms with Crippen molar-refractivity contribution < 1.29 is 9.59 Å². The van der Waals surface area contributed by atoms with Gasteiger partial charge in [0.1, 0.15) is 0 Å². The topological polar surface area (TPSA) is 57.9 Å². The molecular formula is C38H31NO2. The Bertz CT molecular complexity index is 1510. The fourth-order valence-electron chi connectivity index (χ4n) is 5.89. The smallest absolute Gasteiger partial charge is 0.163 e. The van der Waals surface area contributed by atoms with Crippen LogP contribution in [0.1, 0.15) is 62.1 Å². The molecule has 0 bridgehead atoms. The first-order valence-corrected chi connectivity index (χ1v) is 13.9. The lowest BCUT2D eigenvalue weighted by atomic mass is 9.57. The first kappa shape index (κ1) is 27.5. The molecule has 0 saturated carbocycles. The van der Waals surface area contributed by atoms with E-state index in [1.54, 1.807) is 0 Å². The zero-order valence-electron chi connectivity index (χ0n) is 22.8. The molecule has 200 valence electrons. The van der Waals surface area contributed by atoms with E-state index in [1.807, 2.05) is 152 Å². The summed E-state index contributed by atoms with van der Waals surface area (Å²) in [6.45, 7) is 0. The van der Waals surface area contributed by atoms with E-state index in [4.69, 9.17) is 0 Å². The Hall–Kier alpha value is -5.07. The predicted octanol–water partition coefficient (Wildman–Crippen LogP) is 8.56. The molecule has 41 heavy (non-hydrogen) atoms. The molecule has 0 amide bonds. The number of ketones is 2. The van der Waals surface area contributed by atoms with E-state index in [2.05, 4.69) is 6.07 Å². The van der Waals surface area contributed by atoms with Crippen LogP contribution in [-0.4, -0.2) is 11.6 Å². The van der Waals surface area contributed by atoms with Gasteiger partial charge in [0.05, 0.1) is 11.5 Å². The molecule has 3 heteroatoms. The van der Waals surface area contributed by atoms with Crippen LogP contribution in [-0.2, 0) is 5.41 Å². The van der Waals surface area contributed by atoms with Gasteiger partial charge in [-0.25, -0.2) is 0 Å². The Balaban J connectivity index is 1.74. The van der Waals surface area contributed by atoms with Gasteiger partial charge in [-0.15, -0.1) is 0 Å². The lowest BCUT2D eigenvalue weighted by Crippen LogP contribution is -2.41. The fraction of sp³-hybridized carbons (Fsp3) is 0.132. The molecule has 5 aromatic carbocycles. The molecule has 3 nitrogen and oxygen atoms in total. The highest BCUT2D eigenvalue weighted by Crippen LogP contribution is 2.52. The molecule has 0 saturated heterocycles. The Morgan fingerprint density at radius 1 is 0.512 bits per heavy atom. The second kappa shape index (κ2) is 12.9. The van der Waals surface area contributed by atoms with Crippen LogP contribution in [0.3, 0.4) is 0 Å². The van der Waals surface area contributed by atoms with Crippen LogP contribution in [0.4, 0.5) is 0 Å². The van der Waals surface area contributed by atoms with Crippen LogP contribution < -0.4 is 0 Å². The Morgan fingerprint density at radius 2 is 0.829 bits per heavy atom. The first-order valence-electron chi connectivity index (χ1n) is 13.9. The van der Waals surface area contributed by atoms with E-state index >= 15 is 0 Å². The number of benzene rings is 5. The number of hydrogen-bond donors (Lipinski definition) is 0. The van der Waals surface area contributed by atoms with Crippen LogP contribution in [0, 0.1) is 11.3 Å². The summed E-state index contributed by atoms with van der Waals surface area (Å²) in [6.07, 6.45) is 0.221. The lowest BCUT2D eigenvalue weighted by Gasteiger charge is -2.42. The molecule has 0 spiro atoms. The average molecular weight is 534 g/mol. The summed E-state index contributed by atoms with van der Waals surface area (Å²) in [6, 6.07) is 50.4. The molecule has 0 N–H and O–H groups in total. The maximum Gasteiger partial charge on any atom is 0.163 e. The second-order valence-electron chi connectivity index (χ2n) is 10.3. The minimum atomic E-state index is -1.24. The molecule has 0 aliphatic carbocycles. The summed E-state index contributed by atoms with van der Waals surface area (Å²) >= 11 is 0. The number of nitrogens with zero attached hydrogens (tertiary/aromatic N) is 1. The molecule has 0 aromatic heterocycles. The quantitative estimate of drug-likeness (QED) is 0.160. The SMILES string of the molecule is N#CC(c1ccccc1)([C@@H](CC(=O)c1ccccc1)c1ccccc1)[C@@H](CC(=O)c1ccccc1)c1ccccc1. The highest BCUT2D eigenvalue weighted by atomic mass is 16.1. The van der Waals surface area contributed by atoms with Crippen LogP contribution >= 0.6 is 0 Å². The zero-order valence-corrected chi connectivity index (χ0v) is 22.8. The first-order chi connectivity index (χ1) is 20.1. The van der Waals surface area contributed by atoms with E-state index in [-0.39, 0.29) is 24.4 Å². The summed E-state index contributed by atoms with van der Waals surface area (Å²) in [5, 5.41) is 11.4. The third-order valence-corrected chi connectivity index (χ3v) is 7.91. The van der Waals surface area contributed by atoms with Crippen molar-refractivity contribution in [3.63, 3.8) is 0 Å². The number of hydrogen-bond acceptors (Lipinski definition) is 3. The molecule has 0 heterocycles. The third-order valence-electron chi connectivity index (χ3n) is 7.91. The van der Waals surface area contributed by atoms with Crippen molar-refractivity contribution in [1.29, 1.82) is 5.26 Å². The van der Waals surface area contributed by atoms with Gasteiger partial charge in [0.2, 0.25) is 0 Å². The number of carbonyl (C=O) groups excluding carboxylic acids is 2. The number of nitriles is 1. The van der Waals surface area contributed by atoms with Crippen molar-refractivity contribution in [1.82, 2.24) is 0 Å². The monoisotopic (exact) mass is 533 g/mol. The van der Waals surface area contributed by atoms with Crippen LogP contribution in [0.15, 0.2) is 152 Å². The molecule has 5 aromatic rings. The van der Waals surface area contributed by atoms with E-state index < -0.39 is 17.3 Å². The maximum absolute atomic E-state index is 13.8. The van der Waals surface area contributed by atoms with Gasteiger partial charge in [0.25, 0.3) is 0 Å². The van der Waals surface area contributed by atoms with E-state index in [1.165, 1.54) is 0 Å². The van der Waals surface area contributed by atoms with Crippen molar-refractivity contribution in [2.75, 3.05) is 0 Å². The summed E-state index contributed by atoms with van der Waals surface area (Å²) in [5.74, 6) is -1.15. The van der Waals surface area contributed by atoms with E-state index in [9.17, 15) is 14.9 Å². The number of Topliss-reactive ketones (excluding diaryl/α,β-unsaturated/α-hetero) is 2. The molecular weight excluding hydrogens is 502 g/mol.